The number of methoxy groups -OCH3 is 2. The van der Waals surface area contributed by atoms with Gasteiger partial charge in [0.05, 0.1) is 18.2 Å². The van der Waals surface area contributed by atoms with Crippen molar-refractivity contribution >= 4 is 0 Å². The monoisotopic (exact) mass is 365 g/mol. The van der Waals surface area contributed by atoms with Crippen LogP contribution in [0.25, 0.3) is 0 Å². The van der Waals surface area contributed by atoms with Crippen LogP contribution in [0.4, 0.5) is 0 Å². The van der Waals surface area contributed by atoms with E-state index in [2.05, 4.69) is 0 Å². The molecular weight excluding hydrogens is 334 g/mol. The second kappa shape index (κ2) is 8.55. The molecule has 148 valence electrons. The van der Waals surface area contributed by atoms with E-state index in [9.17, 15) is 15.3 Å². The third-order valence-corrected chi connectivity index (χ3v) is 4.98. The third-order valence-electron chi connectivity index (χ3n) is 4.98. The number of hydrogen-bond donors (Lipinski definition) is 3. The molecule has 10 atom stereocenters. The first kappa shape index (κ1) is 20.9. The van der Waals surface area contributed by atoms with Gasteiger partial charge in [0.2, 0.25) is 0 Å². The zero-order valence-electron chi connectivity index (χ0n) is 15.6. The van der Waals surface area contributed by atoms with Crippen molar-refractivity contribution in [1.82, 2.24) is 4.90 Å². The summed E-state index contributed by atoms with van der Waals surface area (Å²) in [5.74, 6) is 0. The maximum atomic E-state index is 10.5. The minimum Gasteiger partial charge on any atom is -0.387 e. The van der Waals surface area contributed by atoms with Crippen LogP contribution in [-0.4, -0.2) is 110 Å². The number of ether oxygens (including phenoxy) is 5. The molecule has 3 N–H and O–H groups in total. The van der Waals surface area contributed by atoms with Gasteiger partial charge in [-0.1, -0.05) is 0 Å². The van der Waals surface area contributed by atoms with E-state index in [1.807, 2.05) is 0 Å². The molecular formula is C16H31NO8. The van der Waals surface area contributed by atoms with Gasteiger partial charge in [-0.05, 0) is 27.9 Å². The van der Waals surface area contributed by atoms with Gasteiger partial charge in [-0.15, -0.1) is 0 Å². The Balaban J connectivity index is 2.19. The Hall–Kier alpha value is -0.360. The van der Waals surface area contributed by atoms with Crippen LogP contribution in [0.3, 0.4) is 0 Å². The van der Waals surface area contributed by atoms with E-state index in [0.29, 0.717) is 0 Å². The highest BCUT2D eigenvalue weighted by Gasteiger charge is 2.50. The average Bonchev–Trinajstić information content (AvgIpc) is 2.52. The number of nitrogens with zero attached hydrogens (tertiary/aromatic N) is 1. The zero-order valence-corrected chi connectivity index (χ0v) is 15.6. The quantitative estimate of drug-likeness (QED) is 0.538. The molecule has 9 heteroatoms. The molecule has 0 amide bonds. The average molecular weight is 365 g/mol. The van der Waals surface area contributed by atoms with E-state index in [0.717, 1.165) is 0 Å². The third kappa shape index (κ3) is 4.15. The molecule has 1 unspecified atom stereocenters. The first-order chi connectivity index (χ1) is 11.7. The van der Waals surface area contributed by atoms with E-state index in [1.54, 1.807) is 32.8 Å². The van der Waals surface area contributed by atoms with Crippen LogP contribution in [0.5, 0.6) is 0 Å². The second-order valence-electron chi connectivity index (χ2n) is 6.88. The number of hydrogen-bond acceptors (Lipinski definition) is 9. The highest BCUT2D eigenvalue weighted by atomic mass is 16.7. The minimum atomic E-state index is -1.30. The van der Waals surface area contributed by atoms with Crippen molar-refractivity contribution in [3.63, 3.8) is 0 Å². The number of aliphatic hydroxyl groups excluding tert-OH is 3. The standard InChI is InChI=1S/C16H31NO8/c1-7-12(9(17(3)4)10(18)15(20)23-7)25-16-14(22-6)11(19)13(21-5)8(2)24-16/h7-16,18-20H,1-6H3/t7-,8-,9-,10-,11+,12-,13-,14-,15?,16+/m1/s1. The fraction of sp³-hybridized carbons (Fsp3) is 1.00. The zero-order chi connectivity index (χ0) is 18.9. The minimum absolute atomic E-state index is 0.412. The van der Waals surface area contributed by atoms with E-state index >= 15 is 0 Å². The van der Waals surface area contributed by atoms with Crippen LogP contribution in [0.15, 0.2) is 0 Å². The van der Waals surface area contributed by atoms with Crippen LogP contribution in [0, 0.1) is 0 Å². The van der Waals surface area contributed by atoms with E-state index < -0.39 is 61.3 Å². The summed E-state index contributed by atoms with van der Waals surface area (Å²) in [5, 5.41) is 30.7. The molecule has 2 heterocycles. The van der Waals surface area contributed by atoms with Crippen molar-refractivity contribution in [1.29, 1.82) is 0 Å². The fourth-order valence-electron chi connectivity index (χ4n) is 3.65. The Morgan fingerprint density at radius 2 is 1.36 bits per heavy atom. The van der Waals surface area contributed by atoms with Gasteiger partial charge < -0.3 is 43.9 Å². The first-order valence-electron chi connectivity index (χ1n) is 8.45. The van der Waals surface area contributed by atoms with Crippen molar-refractivity contribution in [3.8, 4) is 0 Å². The first-order valence-corrected chi connectivity index (χ1v) is 8.45. The predicted octanol–water partition coefficient (Wildman–Crippen LogP) is -1.46. The lowest BCUT2D eigenvalue weighted by Crippen LogP contribution is -2.65. The SMILES string of the molecule is CO[C@H]1[C@H](O[C@H]2[C@H](N(C)C)[C@@H](O)C(O)O[C@@H]2C)O[C@H](C)[C@@H](OC)[C@@H]1O. The summed E-state index contributed by atoms with van der Waals surface area (Å²) in [6.45, 7) is 3.53. The Morgan fingerprint density at radius 1 is 0.800 bits per heavy atom. The molecule has 0 radical (unpaired) electrons. The van der Waals surface area contributed by atoms with Crippen molar-refractivity contribution in [3.05, 3.63) is 0 Å². The van der Waals surface area contributed by atoms with Gasteiger partial charge in [-0.3, -0.25) is 0 Å². The largest absolute Gasteiger partial charge is 0.387 e. The molecule has 2 aliphatic heterocycles. The summed E-state index contributed by atoms with van der Waals surface area (Å²) in [4.78, 5) is 1.76. The number of aliphatic hydroxyl groups is 3. The molecule has 0 aliphatic carbocycles. The molecule has 2 rings (SSSR count). The molecule has 0 saturated carbocycles. The molecule has 0 aromatic carbocycles. The molecule has 25 heavy (non-hydrogen) atoms. The van der Waals surface area contributed by atoms with E-state index in [4.69, 9.17) is 23.7 Å². The summed E-state index contributed by atoms with van der Waals surface area (Å²) in [7, 11) is 6.52. The molecule has 0 spiro atoms. The highest BCUT2D eigenvalue weighted by molar-refractivity contribution is 4.96. The summed E-state index contributed by atoms with van der Waals surface area (Å²) in [6, 6.07) is -0.521. The van der Waals surface area contributed by atoms with Gasteiger partial charge in [0.25, 0.3) is 0 Å². The van der Waals surface area contributed by atoms with Gasteiger partial charge >= 0.3 is 0 Å². The van der Waals surface area contributed by atoms with Crippen molar-refractivity contribution in [2.75, 3.05) is 28.3 Å². The molecule has 0 aromatic heterocycles. The number of likely N-dealkylation sites (N-methyl/N-ethyl adjacent to an activating group) is 1. The van der Waals surface area contributed by atoms with Crippen molar-refractivity contribution < 1.29 is 39.0 Å². The van der Waals surface area contributed by atoms with Gasteiger partial charge in [0.15, 0.2) is 12.6 Å². The fourth-order valence-corrected chi connectivity index (χ4v) is 3.65. The van der Waals surface area contributed by atoms with Crippen molar-refractivity contribution in [2.24, 2.45) is 0 Å². The van der Waals surface area contributed by atoms with Gasteiger partial charge in [-0.2, -0.15) is 0 Å². The van der Waals surface area contributed by atoms with Crippen LogP contribution in [-0.2, 0) is 23.7 Å². The summed E-state index contributed by atoms with van der Waals surface area (Å²) in [6.07, 6.45) is -7.06. The van der Waals surface area contributed by atoms with E-state index in [1.165, 1.54) is 14.2 Å². The molecule has 2 fully saturated rings. The van der Waals surface area contributed by atoms with Crippen LogP contribution in [0.1, 0.15) is 13.8 Å². The summed E-state index contributed by atoms with van der Waals surface area (Å²) in [5.41, 5.74) is 0. The topological polar surface area (TPSA) is 110 Å². The lowest BCUT2D eigenvalue weighted by molar-refractivity contribution is -0.344. The lowest BCUT2D eigenvalue weighted by Gasteiger charge is -2.48. The predicted molar refractivity (Wildman–Crippen MR) is 86.8 cm³/mol. The Kier molecular flexibility index (Phi) is 7.17. The Morgan fingerprint density at radius 3 is 1.88 bits per heavy atom. The summed E-state index contributed by atoms with van der Waals surface area (Å²) < 4.78 is 27.9. The lowest BCUT2D eigenvalue weighted by atomic mass is 9.95. The normalized spacial score (nSPS) is 48.7. The van der Waals surface area contributed by atoms with Crippen LogP contribution in [0.2, 0.25) is 0 Å². The molecule has 9 nitrogen and oxygen atoms in total. The van der Waals surface area contributed by atoms with Gasteiger partial charge in [0.1, 0.15) is 30.5 Å². The molecule has 2 saturated heterocycles. The van der Waals surface area contributed by atoms with Gasteiger partial charge in [0, 0.05) is 14.2 Å². The van der Waals surface area contributed by atoms with Crippen molar-refractivity contribution in [2.45, 2.75) is 75.2 Å². The second-order valence-corrected chi connectivity index (χ2v) is 6.88. The molecule has 2 aliphatic rings. The highest BCUT2D eigenvalue weighted by Crippen LogP contribution is 2.31. The molecule has 0 bridgehead atoms. The smallest absolute Gasteiger partial charge is 0.187 e. The molecule has 0 aromatic rings. The maximum absolute atomic E-state index is 10.5. The van der Waals surface area contributed by atoms with Gasteiger partial charge in [-0.25, -0.2) is 0 Å². The van der Waals surface area contributed by atoms with Crippen LogP contribution >= 0.6 is 0 Å². The van der Waals surface area contributed by atoms with E-state index in [-0.39, 0.29) is 0 Å². The van der Waals surface area contributed by atoms with Crippen LogP contribution < -0.4 is 0 Å². The maximum Gasteiger partial charge on any atom is 0.187 e. The number of rotatable bonds is 5. The Labute approximate surface area is 148 Å². The summed E-state index contributed by atoms with van der Waals surface area (Å²) >= 11 is 0. The Bertz CT molecular complexity index is 425.